The van der Waals surface area contributed by atoms with Crippen molar-refractivity contribution in [2.24, 2.45) is 0 Å². The third-order valence-corrected chi connectivity index (χ3v) is 4.57. The molecule has 2 fully saturated rings. The first kappa shape index (κ1) is 14.1. The molecule has 1 atom stereocenters. The Labute approximate surface area is 122 Å². The largest absolute Gasteiger partial charge is 0.312 e. The number of amides is 1. The van der Waals surface area contributed by atoms with Crippen molar-refractivity contribution in [1.29, 1.82) is 0 Å². The molecule has 20 heavy (non-hydrogen) atoms. The second kappa shape index (κ2) is 6.27. The van der Waals surface area contributed by atoms with Crippen LogP contribution in [0.2, 0.25) is 0 Å². The molecule has 4 nitrogen and oxygen atoms in total. The maximum Gasteiger partial charge on any atom is 0.241 e. The van der Waals surface area contributed by atoms with Gasteiger partial charge in [-0.1, -0.05) is 6.08 Å². The SMILES string of the molecule is CC1CN(CC(=O)N(C2=CCCCC2)C2CC2)CCN1. The van der Waals surface area contributed by atoms with E-state index in [0.717, 1.165) is 32.5 Å². The highest BCUT2D eigenvalue weighted by atomic mass is 16.2. The molecular formula is C16H27N3O. The van der Waals surface area contributed by atoms with Crippen LogP contribution in [-0.4, -0.2) is 54.0 Å². The lowest BCUT2D eigenvalue weighted by Gasteiger charge is -2.34. The second-order valence-corrected chi connectivity index (χ2v) is 6.53. The lowest BCUT2D eigenvalue weighted by molar-refractivity contribution is -0.131. The molecule has 0 aromatic carbocycles. The Morgan fingerprint density at radius 2 is 2.30 bits per heavy atom. The van der Waals surface area contributed by atoms with E-state index in [1.54, 1.807) is 0 Å². The van der Waals surface area contributed by atoms with E-state index in [0.29, 0.717) is 24.5 Å². The van der Waals surface area contributed by atoms with Crippen molar-refractivity contribution in [3.05, 3.63) is 11.8 Å². The predicted octanol–water partition coefficient (Wildman–Crippen LogP) is 1.73. The molecule has 0 aromatic heterocycles. The third-order valence-electron chi connectivity index (χ3n) is 4.57. The van der Waals surface area contributed by atoms with E-state index in [-0.39, 0.29) is 0 Å². The van der Waals surface area contributed by atoms with Crippen LogP contribution in [0.15, 0.2) is 11.8 Å². The summed E-state index contributed by atoms with van der Waals surface area (Å²) in [5, 5.41) is 3.43. The van der Waals surface area contributed by atoms with E-state index in [9.17, 15) is 4.79 Å². The van der Waals surface area contributed by atoms with Crippen molar-refractivity contribution >= 4 is 5.91 Å². The minimum Gasteiger partial charge on any atom is -0.312 e. The number of allylic oxidation sites excluding steroid dienone is 2. The first-order valence-electron chi connectivity index (χ1n) is 8.21. The van der Waals surface area contributed by atoms with Gasteiger partial charge in [0.05, 0.1) is 6.54 Å². The fourth-order valence-electron chi connectivity index (χ4n) is 3.39. The molecule has 3 aliphatic rings. The molecule has 1 N–H and O–H groups in total. The molecule has 1 saturated carbocycles. The molecule has 1 unspecified atom stereocenters. The van der Waals surface area contributed by atoms with Crippen molar-refractivity contribution < 1.29 is 4.79 Å². The number of hydrogen-bond donors (Lipinski definition) is 1. The smallest absolute Gasteiger partial charge is 0.241 e. The van der Waals surface area contributed by atoms with E-state index in [1.807, 2.05) is 0 Å². The van der Waals surface area contributed by atoms with Gasteiger partial charge in [0.25, 0.3) is 0 Å². The van der Waals surface area contributed by atoms with E-state index in [2.05, 4.69) is 28.1 Å². The van der Waals surface area contributed by atoms with E-state index >= 15 is 0 Å². The van der Waals surface area contributed by atoms with Crippen LogP contribution in [0.4, 0.5) is 0 Å². The van der Waals surface area contributed by atoms with E-state index in [4.69, 9.17) is 0 Å². The van der Waals surface area contributed by atoms with E-state index < -0.39 is 0 Å². The zero-order chi connectivity index (χ0) is 13.9. The minimum atomic E-state index is 0.328. The molecule has 2 aliphatic carbocycles. The molecular weight excluding hydrogens is 250 g/mol. The first-order chi connectivity index (χ1) is 9.74. The summed E-state index contributed by atoms with van der Waals surface area (Å²) in [5.41, 5.74) is 1.31. The van der Waals surface area contributed by atoms with Gasteiger partial charge in [0.15, 0.2) is 0 Å². The normalized spacial score (nSPS) is 28.1. The van der Waals surface area contributed by atoms with Gasteiger partial charge < -0.3 is 10.2 Å². The lowest BCUT2D eigenvalue weighted by Crippen LogP contribution is -2.52. The van der Waals surface area contributed by atoms with Gasteiger partial charge in [-0.2, -0.15) is 0 Å². The van der Waals surface area contributed by atoms with Gasteiger partial charge in [-0.15, -0.1) is 0 Å². The molecule has 1 amide bonds. The van der Waals surface area contributed by atoms with Crippen molar-refractivity contribution in [1.82, 2.24) is 15.1 Å². The molecule has 0 radical (unpaired) electrons. The zero-order valence-corrected chi connectivity index (χ0v) is 12.6. The quantitative estimate of drug-likeness (QED) is 0.850. The van der Waals surface area contributed by atoms with Gasteiger partial charge in [-0.05, 0) is 45.4 Å². The summed E-state index contributed by atoms with van der Waals surface area (Å²) in [6, 6.07) is 1.01. The summed E-state index contributed by atoms with van der Waals surface area (Å²) >= 11 is 0. The Morgan fingerprint density at radius 3 is 2.95 bits per heavy atom. The summed E-state index contributed by atoms with van der Waals surface area (Å²) in [7, 11) is 0. The van der Waals surface area contributed by atoms with E-state index in [1.165, 1.54) is 31.4 Å². The van der Waals surface area contributed by atoms with Gasteiger partial charge in [-0.25, -0.2) is 0 Å². The van der Waals surface area contributed by atoms with Crippen LogP contribution in [0.1, 0.15) is 45.4 Å². The summed E-state index contributed by atoms with van der Waals surface area (Å²) in [6.45, 7) is 5.77. The van der Waals surface area contributed by atoms with Crippen LogP contribution in [0.3, 0.4) is 0 Å². The number of rotatable bonds is 4. The highest BCUT2D eigenvalue weighted by molar-refractivity contribution is 5.80. The molecule has 0 bridgehead atoms. The highest BCUT2D eigenvalue weighted by Gasteiger charge is 2.35. The average molecular weight is 277 g/mol. The van der Waals surface area contributed by atoms with Crippen LogP contribution in [0.5, 0.6) is 0 Å². The van der Waals surface area contributed by atoms with Crippen molar-refractivity contribution in [2.45, 2.75) is 57.5 Å². The van der Waals surface area contributed by atoms with Crippen LogP contribution in [-0.2, 0) is 4.79 Å². The number of piperazine rings is 1. The molecule has 4 heteroatoms. The summed E-state index contributed by atoms with van der Waals surface area (Å²) in [6.07, 6.45) is 9.47. The molecule has 3 rings (SSSR count). The lowest BCUT2D eigenvalue weighted by atomic mass is 10.0. The van der Waals surface area contributed by atoms with Gasteiger partial charge in [-0.3, -0.25) is 9.69 Å². The molecule has 1 heterocycles. The first-order valence-corrected chi connectivity index (χ1v) is 8.21. The summed E-state index contributed by atoms with van der Waals surface area (Å²) in [4.78, 5) is 17.2. The van der Waals surface area contributed by atoms with Gasteiger partial charge in [0.1, 0.15) is 0 Å². The monoisotopic (exact) mass is 277 g/mol. The highest BCUT2D eigenvalue weighted by Crippen LogP contribution is 2.33. The molecule has 1 aliphatic heterocycles. The van der Waals surface area contributed by atoms with Crippen LogP contribution in [0, 0.1) is 0 Å². The molecule has 0 aromatic rings. The zero-order valence-electron chi connectivity index (χ0n) is 12.6. The van der Waals surface area contributed by atoms with Crippen molar-refractivity contribution in [3.63, 3.8) is 0 Å². The fourth-order valence-corrected chi connectivity index (χ4v) is 3.39. The van der Waals surface area contributed by atoms with Crippen LogP contribution in [0.25, 0.3) is 0 Å². The molecule has 0 spiro atoms. The number of carbonyl (C=O) groups is 1. The standard InChI is InChI=1S/C16H27N3O/c1-13-11-18(10-9-17-13)12-16(20)19(15-7-8-15)14-5-3-2-4-6-14/h5,13,15,17H,2-4,6-12H2,1H3. The second-order valence-electron chi connectivity index (χ2n) is 6.53. The topological polar surface area (TPSA) is 35.6 Å². The fraction of sp³-hybridized carbons (Fsp3) is 0.812. The Hall–Kier alpha value is -0.870. The Bertz CT molecular complexity index is 389. The molecule has 112 valence electrons. The Balaban J connectivity index is 1.62. The summed E-state index contributed by atoms with van der Waals surface area (Å²) in [5.74, 6) is 0.328. The Kier molecular flexibility index (Phi) is 4.41. The minimum absolute atomic E-state index is 0.328. The van der Waals surface area contributed by atoms with Gasteiger partial charge >= 0.3 is 0 Å². The van der Waals surface area contributed by atoms with Crippen molar-refractivity contribution in [3.8, 4) is 0 Å². The maximum absolute atomic E-state index is 12.7. The number of carbonyl (C=O) groups excluding carboxylic acids is 1. The molecule has 1 saturated heterocycles. The maximum atomic E-state index is 12.7. The van der Waals surface area contributed by atoms with Crippen LogP contribution >= 0.6 is 0 Å². The van der Waals surface area contributed by atoms with Crippen molar-refractivity contribution in [2.75, 3.05) is 26.2 Å². The summed E-state index contributed by atoms with van der Waals surface area (Å²) < 4.78 is 0. The van der Waals surface area contributed by atoms with Gasteiger partial charge in [0.2, 0.25) is 5.91 Å². The number of nitrogens with one attached hydrogen (secondary N) is 1. The Morgan fingerprint density at radius 1 is 1.45 bits per heavy atom. The van der Waals surface area contributed by atoms with Gasteiger partial charge in [0, 0.05) is 37.4 Å². The third kappa shape index (κ3) is 3.41. The number of nitrogens with zero attached hydrogens (tertiary/aromatic N) is 2. The number of hydrogen-bond acceptors (Lipinski definition) is 3. The predicted molar refractivity (Wildman–Crippen MR) is 80.3 cm³/mol. The van der Waals surface area contributed by atoms with Crippen LogP contribution < -0.4 is 5.32 Å². The average Bonchev–Trinajstić information content (AvgIpc) is 3.25.